The lowest BCUT2D eigenvalue weighted by Gasteiger charge is -2.13. The van der Waals surface area contributed by atoms with Gasteiger partial charge in [-0.2, -0.15) is 0 Å². The fourth-order valence-electron chi connectivity index (χ4n) is 2.14. The van der Waals surface area contributed by atoms with Crippen LogP contribution < -0.4 is 11.1 Å². The van der Waals surface area contributed by atoms with Gasteiger partial charge in [-0.25, -0.2) is 0 Å². The minimum absolute atomic E-state index is 0.492. The van der Waals surface area contributed by atoms with Gasteiger partial charge < -0.3 is 15.8 Å². The fourth-order valence-corrected chi connectivity index (χ4v) is 2.68. The predicted molar refractivity (Wildman–Crippen MR) is 75.3 cm³/mol. The predicted octanol–water partition coefficient (Wildman–Crippen LogP) is 3.40. The number of anilines is 2. The van der Waals surface area contributed by atoms with Crippen molar-refractivity contribution in [2.24, 2.45) is 0 Å². The molecule has 3 nitrogen and oxygen atoms in total. The second-order valence-electron chi connectivity index (χ2n) is 4.44. The monoisotopic (exact) mass is 298 g/mol. The van der Waals surface area contributed by atoms with Crippen molar-refractivity contribution in [3.05, 3.63) is 22.7 Å². The van der Waals surface area contributed by atoms with Crippen LogP contribution in [0.25, 0.3) is 0 Å². The van der Waals surface area contributed by atoms with Crippen LogP contribution in [0.2, 0.25) is 0 Å². The Hall–Kier alpha value is -0.740. The first-order valence-corrected chi connectivity index (χ1v) is 6.95. The van der Waals surface area contributed by atoms with Gasteiger partial charge in [0.15, 0.2) is 0 Å². The zero-order chi connectivity index (χ0) is 12.1. The van der Waals surface area contributed by atoms with Crippen LogP contribution >= 0.6 is 15.9 Å². The van der Waals surface area contributed by atoms with E-state index in [4.69, 9.17) is 10.5 Å². The Bertz CT molecular complexity index is 364. The molecule has 0 aromatic heterocycles. The molecule has 4 heteroatoms. The normalized spacial score (nSPS) is 16.3. The van der Waals surface area contributed by atoms with Crippen LogP contribution in [0.4, 0.5) is 11.4 Å². The van der Waals surface area contributed by atoms with E-state index in [1.165, 1.54) is 25.7 Å². The maximum Gasteiger partial charge on any atom is 0.0642 e. The molecule has 2 rings (SSSR count). The molecule has 1 aromatic carbocycles. The van der Waals surface area contributed by atoms with E-state index in [1.807, 2.05) is 18.2 Å². The van der Waals surface area contributed by atoms with Crippen molar-refractivity contribution in [3.8, 4) is 0 Å². The summed E-state index contributed by atoms with van der Waals surface area (Å²) in [7, 11) is 0. The number of ether oxygens (including phenoxy) is 1. The summed E-state index contributed by atoms with van der Waals surface area (Å²) in [6.07, 6.45) is 5.59. The van der Waals surface area contributed by atoms with Gasteiger partial charge in [0, 0.05) is 22.4 Å². The average Bonchev–Trinajstić information content (AvgIpc) is 2.79. The summed E-state index contributed by atoms with van der Waals surface area (Å²) in [4.78, 5) is 0. The van der Waals surface area contributed by atoms with Gasteiger partial charge in [0.05, 0.1) is 12.7 Å². The van der Waals surface area contributed by atoms with E-state index in [9.17, 15) is 0 Å². The lowest BCUT2D eigenvalue weighted by atomic mass is 10.3. The maximum atomic E-state index is 5.79. The highest BCUT2D eigenvalue weighted by atomic mass is 79.9. The Morgan fingerprint density at radius 2 is 2.12 bits per heavy atom. The molecule has 1 saturated carbocycles. The Kier molecular flexibility index (Phi) is 4.68. The van der Waals surface area contributed by atoms with Crippen LogP contribution in [0.5, 0.6) is 0 Å². The van der Waals surface area contributed by atoms with Crippen molar-refractivity contribution in [2.45, 2.75) is 31.8 Å². The summed E-state index contributed by atoms with van der Waals surface area (Å²) in [6.45, 7) is 1.60. The van der Waals surface area contributed by atoms with E-state index < -0.39 is 0 Å². The molecule has 0 amide bonds. The number of rotatable bonds is 5. The average molecular weight is 299 g/mol. The van der Waals surface area contributed by atoms with Gasteiger partial charge in [0.25, 0.3) is 0 Å². The van der Waals surface area contributed by atoms with Crippen LogP contribution in [0.15, 0.2) is 22.7 Å². The summed E-state index contributed by atoms with van der Waals surface area (Å²) in [5, 5.41) is 3.34. The van der Waals surface area contributed by atoms with E-state index in [2.05, 4.69) is 21.2 Å². The lowest BCUT2D eigenvalue weighted by Crippen LogP contribution is -2.15. The third-order valence-corrected chi connectivity index (χ3v) is 3.72. The molecule has 0 radical (unpaired) electrons. The SMILES string of the molecule is Nc1ccc(NCCOC2CCCC2)c(Br)c1. The first-order chi connectivity index (χ1) is 8.25. The van der Waals surface area contributed by atoms with Crippen molar-refractivity contribution in [3.63, 3.8) is 0 Å². The highest BCUT2D eigenvalue weighted by molar-refractivity contribution is 9.10. The van der Waals surface area contributed by atoms with Crippen LogP contribution in [0.3, 0.4) is 0 Å². The minimum Gasteiger partial charge on any atom is -0.399 e. The number of hydrogen-bond donors (Lipinski definition) is 2. The zero-order valence-electron chi connectivity index (χ0n) is 9.92. The molecule has 0 bridgehead atoms. The third kappa shape index (κ3) is 3.89. The van der Waals surface area contributed by atoms with Crippen LogP contribution in [-0.4, -0.2) is 19.3 Å². The molecule has 0 heterocycles. The lowest BCUT2D eigenvalue weighted by molar-refractivity contribution is 0.0659. The Morgan fingerprint density at radius 3 is 2.82 bits per heavy atom. The molecule has 0 aliphatic heterocycles. The van der Waals surface area contributed by atoms with Crippen molar-refractivity contribution in [2.75, 3.05) is 24.2 Å². The van der Waals surface area contributed by atoms with Crippen molar-refractivity contribution in [1.29, 1.82) is 0 Å². The second kappa shape index (κ2) is 6.26. The highest BCUT2D eigenvalue weighted by Crippen LogP contribution is 2.24. The molecule has 3 N–H and O–H groups in total. The largest absolute Gasteiger partial charge is 0.399 e. The van der Waals surface area contributed by atoms with Crippen molar-refractivity contribution >= 4 is 27.3 Å². The number of nitrogens with two attached hydrogens (primary N) is 1. The van der Waals surface area contributed by atoms with Crippen LogP contribution in [-0.2, 0) is 4.74 Å². The van der Waals surface area contributed by atoms with Gasteiger partial charge in [0.2, 0.25) is 0 Å². The van der Waals surface area contributed by atoms with Gasteiger partial charge >= 0.3 is 0 Å². The van der Waals surface area contributed by atoms with Crippen LogP contribution in [0.1, 0.15) is 25.7 Å². The van der Waals surface area contributed by atoms with Crippen LogP contribution in [0, 0.1) is 0 Å². The molecule has 0 saturated heterocycles. The molecule has 1 fully saturated rings. The smallest absolute Gasteiger partial charge is 0.0642 e. The first-order valence-electron chi connectivity index (χ1n) is 6.16. The molecule has 0 spiro atoms. The van der Waals surface area contributed by atoms with E-state index in [1.54, 1.807) is 0 Å². The Labute approximate surface area is 111 Å². The van der Waals surface area contributed by atoms with Gasteiger partial charge in [-0.05, 0) is 47.0 Å². The molecule has 1 aliphatic rings. The summed E-state index contributed by atoms with van der Waals surface area (Å²) in [5.41, 5.74) is 7.51. The van der Waals surface area contributed by atoms with E-state index in [0.717, 1.165) is 29.0 Å². The number of nitrogen functional groups attached to an aromatic ring is 1. The number of hydrogen-bond acceptors (Lipinski definition) is 3. The molecule has 1 aliphatic carbocycles. The van der Waals surface area contributed by atoms with Crippen molar-refractivity contribution in [1.82, 2.24) is 0 Å². The molecule has 17 heavy (non-hydrogen) atoms. The molecular weight excluding hydrogens is 280 g/mol. The maximum absolute atomic E-state index is 5.79. The molecule has 1 aromatic rings. The fraction of sp³-hybridized carbons (Fsp3) is 0.538. The summed E-state index contributed by atoms with van der Waals surface area (Å²) >= 11 is 3.48. The summed E-state index contributed by atoms with van der Waals surface area (Å²) < 4.78 is 6.78. The van der Waals surface area contributed by atoms with Gasteiger partial charge in [0.1, 0.15) is 0 Å². The highest BCUT2D eigenvalue weighted by Gasteiger charge is 2.14. The van der Waals surface area contributed by atoms with Gasteiger partial charge in [-0.3, -0.25) is 0 Å². The number of nitrogens with one attached hydrogen (secondary N) is 1. The first kappa shape index (κ1) is 12.7. The standard InChI is InChI=1S/C13H19BrN2O/c14-12-9-10(15)5-6-13(12)16-7-8-17-11-3-1-2-4-11/h5-6,9,11,16H,1-4,7-8,15H2. The van der Waals surface area contributed by atoms with E-state index in [0.29, 0.717) is 6.10 Å². The quantitative estimate of drug-likeness (QED) is 0.647. The Balaban J connectivity index is 1.70. The third-order valence-electron chi connectivity index (χ3n) is 3.07. The summed E-state index contributed by atoms with van der Waals surface area (Å²) in [5.74, 6) is 0. The Morgan fingerprint density at radius 1 is 1.35 bits per heavy atom. The van der Waals surface area contributed by atoms with Gasteiger partial charge in [-0.15, -0.1) is 0 Å². The molecular formula is C13H19BrN2O. The van der Waals surface area contributed by atoms with Gasteiger partial charge in [-0.1, -0.05) is 12.8 Å². The minimum atomic E-state index is 0.492. The van der Waals surface area contributed by atoms with E-state index >= 15 is 0 Å². The number of benzene rings is 1. The molecule has 94 valence electrons. The second-order valence-corrected chi connectivity index (χ2v) is 5.30. The molecule has 0 atom stereocenters. The van der Waals surface area contributed by atoms with Crippen molar-refractivity contribution < 1.29 is 4.74 Å². The topological polar surface area (TPSA) is 47.3 Å². The zero-order valence-corrected chi connectivity index (χ0v) is 11.5. The number of halogens is 1. The summed E-state index contributed by atoms with van der Waals surface area (Å²) in [6, 6.07) is 5.78. The van der Waals surface area contributed by atoms with E-state index in [-0.39, 0.29) is 0 Å². The molecule has 0 unspecified atom stereocenters.